The molecule has 114 valence electrons. The van der Waals surface area contributed by atoms with Gasteiger partial charge in [-0.15, -0.1) is 0 Å². The van der Waals surface area contributed by atoms with E-state index in [1.807, 2.05) is 24.3 Å². The molecule has 3 atom stereocenters. The monoisotopic (exact) mass is 355 g/mol. The van der Waals surface area contributed by atoms with E-state index in [4.69, 9.17) is 4.74 Å². The number of aliphatic carboxylic acids is 1. The highest BCUT2D eigenvalue weighted by molar-refractivity contribution is 9.10. The second-order valence-electron chi connectivity index (χ2n) is 5.56. The molecular formula is C15H18BrNO4. The third kappa shape index (κ3) is 3.63. The summed E-state index contributed by atoms with van der Waals surface area (Å²) in [4.78, 5) is 23.5. The van der Waals surface area contributed by atoms with Gasteiger partial charge in [-0.1, -0.05) is 28.1 Å². The van der Waals surface area contributed by atoms with Crippen molar-refractivity contribution in [3.8, 4) is 0 Å². The third-order valence-corrected chi connectivity index (χ3v) is 4.26. The molecule has 1 amide bonds. The van der Waals surface area contributed by atoms with Crippen LogP contribution < -0.4 is 5.32 Å². The van der Waals surface area contributed by atoms with E-state index in [9.17, 15) is 14.7 Å². The van der Waals surface area contributed by atoms with Crippen molar-refractivity contribution in [2.24, 2.45) is 5.92 Å². The van der Waals surface area contributed by atoms with Crippen LogP contribution in [0.3, 0.4) is 0 Å². The molecule has 1 aliphatic rings. The van der Waals surface area contributed by atoms with E-state index in [0.717, 1.165) is 16.5 Å². The third-order valence-electron chi connectivity index (χ3n) is 3.73. The molecular weight excluding hydrogens is 338 g/mol. The van der Waals surface area contributed by atoms with Gasteiger partial charge in [0, 0.05) is 17.5 Å². The maximum absolute atomic E-state index is 12.2. The van der Waals surface area contributed by atoms with Gasteiger partial charge in [-0.05, 0) is 37.0 Å². The molecule has 0 spiro atoms. The number of halogens is 1. The molecule has 5 nitrogen and oxygen atoms in total. The maximum atomic E-state index is 12.2. The summed E-state index contributed by atoms with van der Waals surface area (Å²) in [5.41, 5.74) is -0.291. The second-order valence-corrected chi connectivity index (χ2v) is 6.48. The molecule has 0 bridgehead atoms. The predicted molar refractivity (Wildman–Crippen MR) is 81.0 cm³/mol. The molecule has 1 aromatic carbocycles. The summed E-state index contributed by atoms with van der Waals surface area (Å²) in [5, 5.41) is 11.8. The number of ether oxygens (including phenoxy) is 1. The largest absolute Gasteiger partial charge is 0.479 e. The molecule has 0 aromatic heterocycles. The van der Waals surface area contributed by atoms with Gasteiger partial charge in [0.05, 0.1) is 6.61 Å². The molecule has 21 heavy (non-hydrogen) atoms. The zero-order valence-electron chi connectivity index (χ0n) is 11.9. The number of rotatable bonds is 6. The highest BCUT2D eigenvalue weighted by Crippen LogP contribution is 2.47. The average molecular weight is 356 g/mol. The quantitative estimate of drug-likeness (QED) is 0.819. The van der Waals surface area contributed by atoms with E-state index >= 15 is 0 Å². The van der Waals surface area contributed by atoms with Gasteiger partial charge < -0.3 is 15.2 Å². The summed E-state index contributed by atoms with van der Waals surface area (Å²) in [6, 6.07) is 7.84. The summed E-state index contributed by atoms with van der Waals surface area (Å²) in [6.07, 6.45) is 0.746. The lowest BCUT2D eigenvalue weighted by Gasteiger charge is -2.25. The zero-order valence-corrected chi connectivity index (χ0v) is 13.5. The summed E-state index contributed by atoms with van der Waals surface area (Å²) in [7, 11) is 1.41. The van der Waals surface area contributed by atoms with Crippen molar-refractivity contribution >= 4 is 27.8 Å². The minimum Gasteiger partial charge on any atom is -0.479 e. The van der Waals surface area contributed by atoms with Gasteiger partial charge in [0.15, 0.2) is 5.54 Å². The van der Waals surface area contributed by atoms with E-state index in [2.05, 4.69) is 21.2 Å². The lowest BCUT2D eigenvalue weighted by atomic mass is 10.0. The predicted octanol–water partition coefficient (Wildman–Crippen LogP) is 2.16. The van der Waals surface area contributed by atoms with Crippen LogP contribution in [-0.4, -0.2) is 36.2 Å². The van der Waals surface area contributed by atoms with Crippen molar-refractivity contribution in [2.45, 2.75) is 24.8 Å². The number of amides is 1. The van der Waals surface area contributed by atoms with Crippen LogP contribution in [0.1, 0.15) is 24.8 Å². The van der Waals surface area contributed by atoms with Crippen LogP contribution in [0.25, 0.3) is 0 Å². The Morgan fingerprint density at radius 3 is 2.57 bits per heavy atom. The van der Waals surface area contributed by atoms with Gasteiger partial charge in [-0.2, -0.15) is 0 Å². The summed E-state index contributed by atoms with van der Waals surface area (Å²) in [6.45, 7) is 1.39. The average Bonchev–Trinajstić information content (AvgIpc) is 3.20. The lowest BCUT2D eigenvalue weighted by molar-refractivity contribution is -0.149. The van der Waals surface area contributed by atoms with Crippen LogP contribution >= 0.6 is 15.9 Å². The van der Waals surface area contributed by atoms with Crippen LogP contribution in [-0.2, 0) is 14.3 Å². The Hall–Kier alpha value is -1.40. The van der Waals surface area contributed by atoms with Gasteiger partial charge in [-0.3, -0.25) is 4.79 Å². The van der Waals surface area contributed by atoms with Crippen LogP contribution in [0.5, 0.6) is 0 Å². The standard InChI is InChI=1S/C15H18BrNO4/c1-15(8-21-2,14(19)20)17-13(18)12-7-11(12)9-3-5-10(16)6-4-9/h3-6,11-12H,7-8H2,1-2H3,(H,17,18)(H,19,20). The molecule has 1 aromatic rings. The topological polar surface area (TPSA) is 75.6 Å². The van der Waals surface area contributed by atoms with Gasteiger partial charge in [0.1, 0.15) is 0 Å². The van der Waals surface area contributed by atoms with E-state index < -0.39 is 11.5 Å². The first-order valence-corrected chi connectivity index (χ1v) is 7.46. The number of carboxylic acid groups (broad SMARTS) is 1. The van der Waals surface area contributed by atoms with Gasteiger partial charge >= 0.3 is 5.97 Å². The Balaban J connectivity index is 1.99. The highest BCUT2D eigenvalue weighted by atomic mass is 79.9. The summed E-state index contributed by atoms with van der Waals surface area (Å²) < 4.78 is 5.89. The van der Waals surface area contributed by atoms with Crippen molar-refractivity contribution in [1.82, 2.24) is 5.32 Å². The smallest absolute Gasteiger partial charge is 0.331 e. The van der Waals surface area contributed by atoms with Crippen LogP contribution in [0, 0.1) is 5.92 Å². The van der Waals surface area contributed by atoms with Gasteiger partial charge in [-0.25, -0.2) is 4.79 Å². The van der Waals surface area contributed by atoms with Crippen LogP contribution in [0.2, 0.25) is 0 Å². The molecule has 0 heterocycles. The second kappa shape index (κ2) is 6.15. The number of hydrogen-bond acceptors (Lipinski definition) is 3. The fourth-order valence-corrected chi connectivity index (χ4v) is 2.63. The summed E-state index contributed by atoms with van der Waals surface area (Å²) >= 11 is 3.37. The van der Waals surface area contributed by atoms with Crippen molar-refractivity contribution < 1.29 is 19.4 Å². The first-order valence-electron chi connectivity index (χ1n) is 6.67. The summed E-state index contributed by atoms with van der Waals surface area (Å²) in [5.74, 6) is -1.33. The highest BCUT2D eigenvalue weighted by Gasteiger charge is 2.47. The Morgan fingerprint density at radius 2 is 2.05 bits per heavy atom. The fourth-order valence-electron chi connectivity index (χ4n) is 2.37. The number of benzene rings is 1. The SMILES string of the molecule is COCC(C)(NC(=O)C1CC1c1ccc(Br)cc1)C(=O)O. The number of carboxylic acids is 1. The molecule has 1 aliphatic carbocycles. The molecule has 0 radical (unpaired) electrons. The minimum atomic E-state index is -1.39. The van der Waals surface area contributed by atoms with Crippen molar-refractivity contribution in [1.29, 1.82) is 0 Å². The lowest BCUT2D eigenvalue weighted by Crippen LogP contribution is -2.55. The van der Waals surface area contributed by atoms with Crippen molar-refractivity contribution in [2.75, 3.05) is 13.7 Å². The van der Waals surface area contributed by atoms with E-state index in [1.54, 1.807) is 0 Å². The first-order chi connectivity index (χ1) is 9.87. The van der Waals surface area contributed by atoms with Gasteiger partial charge in [0.2, 0.25) is 5.91 Å². The molecule has 2 rings (SSSR count). The Bertz CT molecular complexity index is 545. The maximum Gasteiger partial charge on any atom is 0.331 e. The molecule has 3 unspecified atom stereocenters. The van der Waals surface area contributed by atoms with E-state index in [0.29, 0.717) is 0 Å². The molecule has 0 saturated heterocycles. The number of methoxy groups -OCH3 is 1. The molecule has 2 N–H and O–H groups in total. The molecule has 1 fully saturated rings. The Kier molecular flexibility index (Phi) is 4.68. The van der Waals surface area contributed by atoms with Gasteiger partial charge in [0.25, 0.3) is 0 Å². The van der Waals surface area contributed by atoms with Crippen molar-refractivity contribution in [3.63, 3.8) is 0 Å². The molecule has 0 aliphatic heterocycles. The molecule has 1 saturated carbocycles. The van der Waals surface area contributed by atoms with Crippen LogP contribution in [0.15, 0.2) is 28.7 Å². The minimum absolute atomic E-state index is 0.0657. The van der Waals surface area contributed by atoms with Crippen molar-refractivity contribution in [3.05, 3.63) is 34.3 Å². The van der Waals surface area contributed by atoms with Crippen LogP contribution in [0.4, 0.5) is 0 Å². The number of nitrogens with one attached hydrogen (secondary N) is 1. The van der Waals surface area contributed by atoms with E-state index in [1.165, 1.54) is 14.0 Å². The fraction of sp³-hybridized carbons (Fsp3) is 0.467. The first kappa shape index (κ1) is 16.0. The normalized spacial score (nSPS) is 23.2. The zero-order chi connectivity index (χ0) is 15.6. The number of carbonyl (C=O) groups excluding carboxylic acids is 1. The number of carbonyl (C=O) groups is 2. The Morgan fingerprint density at radius 1 is 1.43 bits per heavy atom. The number of hydrogen-bond donors (Lipinski definition) is 2. The molecule has 6 heteroatoms. The van der Waals surface area contributed by atoms with E-state index in [-0.39, 0.29) is 24.3 Å². The Labute approximate surface area is 131 Å².